The Kier molecular flexibility index (Phi) is 5.59. The Morgan fingerprint density at radius 3 is 1.21 bits per heavy atom. The molecule has 4 N–H and O–H groups in total. The van der Waals surface area contributed by atoms with Crippen LogP contribution in [0.15, 0.2) is 0 Å². The van der Waals surface area contributed by atoms with Crippen molar-refractivity contribution in [2.75, 3.05) is 0 Å². The van der Waals surface area contributed by atoms with Crippen LogP contribution in [-0.2, 0) is 0 Å². The Morgan fingerprint density at radius 1 is 0.857 bits per heavy atom. The Morgan fingerprint density at radius 2 is 1.07 bits per heavy atom. The van der Waals surface area contributed by atoms with E-state index in [1.807, 2.05) is 0 Å². The molecule has 4 nitrogen and oxygen atoms in total. The van der Waals surface area contributed by atoms with E-state index in [1.165, 1.54) is 0 Å². The number of hydrogen-bond donors (Lipinski definition) is 3. The minimum absolute atomic E-state index is 0.359. The number of nitrogens with one attached hydrogen (secondary N) is 1. The third-order valence-corrected chi connectivity index (χ3v) is 2.81. The molecule has 0 heterocycles. The van der Waals surface area contributed by atoms with Gasteiger partial charge in [0.15, 0.2) is 0 Å². The average molecular weight is 204 g/mol. The molecule has 0 fully saturated rings. The lowest BCUT2D eigenvalue weighted by molar-refractivity contribution is -0.0858. The van der Waals surface area contributed by atoms with E-state index in [1.54, 1.807) is 20.8 Å². The zero-order valence-corrected chi connectivity index (χ0v) is 9.20. The standard InChI is InChI=1S/C10H22NO3/c1-4-7(12)10(11,8(13)5-2)9(14)6-3/h7-9,11-14H,4-6H2,1-3H3. The van der Waals surface area contributed by atoms with Gasteiger partial charge in [-0.15, -0.1) is 0 Å². The lowest BCUT2D eigenvalue weighted by atomic mass is 9.78. The summed E-state index contributed by atoms with van der Waals surface area (Å²) < 4.78 is 0. The van der Waals surface area contributed by atoms with E-state index >= 15 is 0 Å². The highest BCUT2D eigenvalue weighted by Crippen LogP contribution is 2.25. The van der Waals surface area contributed by atoms with Gasteiger partial charge in [0.1, 0.15) is 5.54 Å². The monoisotopic (exact) mass is 204 g/mol. The van der Waals surface area contributed by atoms with Gasteiger partial charge in [-0.1, -0.05) is 20.8 Å². The largest absolute Gasteiger partial charge is 0.391 e. The quantitative estimate of drug-likeness (QED) is 0.582. The van der Waals surface area contributed by atoms with Gasteiger partial charge in [0.2, 0.25) is 0 Å². The van der Waals surface area contributed by atoms with Crippen molar-refractivity contribution < 1.29 is 15.3 Å². The summed E-state index contributed by atoms with van der Waals surface area (Å²) in [5.41, 5.74) is 6.43. The van der Waals surface area contributed by atoms with E-state index in [0.717, 1.165) is 0 Å². The van der Waals surface area contributed by atoms with Crippen molar-refractivity contribution in [2.24, 2.45) is 0 Å². The molecule has 0 saturated heterocycles. The fraction of sp³-hybridized carbons (Fsp3) is 1.00. The van der Waals surface area contributed by atoms with Crippen LogP contribution in [0.3, 0.4) is 0 Å². The summed E-state index contributed by atoms with van der Waals surface area (Å²) in [4.78, 5) is 0. The number of aliphatic hydroxyl groups excluding tert-OH is 3. The van der Waals surface area contributed by atoms with Gasteiger partial charge in [-0.3, -0.25) is 0 Å². The van der Waals surface area contributed by atoms with Gasteiger partial charge in [0, 0.05) is 0 Å². The van der Waals surface area contributed by atoms with E-state index in [0.29, 0.717) is 19.3 Å². The fourth-order valence-electron chi connectivity index (χ4n) is 1.68. The van der Waals surface area contributed by atoms with Crippen LogP contribution in [0.2, 0.25) is 0 Å². The van der Waals surface area contributed by atoms with Crippen LogP contribution in [-0.4, -0.2) is 39.2 Å². The molecular weight excluding hydrogens is 182 g/mol. The SMILES string of the molecule is CCC(O)C([NH])(C(O)CC)C(O)CC. The predicted octanol–water partition coefficient (Wildman–Crippen LogP) is 0.321. The zero-order chi connectivity index (χ0) is 11.4. The van der Waals surface area contributed by atoms with Crippen LogP contribution in [0.25, 0.3) is 0 Å². The molecule has 0 bridgehead atoms. The van der Waals surface area contributed by atoms with Gasteiger partial charge in [-0.05, 0) is 19.3 Å². The summed E-state index contributed by atoms with van der Waals surface area (Å²) >= 11 is 0. The first kappa shape index (κ1) is 13.8. The molecule has 3 unspecified atom stereocenters. The summed E-state index contributed by atoms with van der Waals surface area (Å²) in [6, 6.07) is 0. The molecule has 0 aliphatic rings. The minimum Gasteiger partial charge on any atom is -0.391 e. The topological polar surface area (TPSA) is 84.5 Å². The summed E-state index contributed by atoms with van der Waals surface area (Å²) in [5.74, 6) is 0. The van der Waals surface area contributed by atoms with Crippen LogP contribution in [0, 0.1) is 0 Å². The van der Waals surface area contributed by atoms with Crippen molar-refractivity contribution >= 4 is 0 Å². The number of hydrogen-bond acceptors (Lipinski definition) is 3. The second-order valence-corrected chi connectivity index (χ2v) is 3.71. The third kappa shape index (κ3) is 2.45. The van der Waals surface area contributed by atoms with E-state index in [9.17, 15) is 15.3 Å². The molecule has 3 atom stereocenters. The molecule has 0 aromatic rings. The van der Waals surface area contributed by atoms with Crippen molar-refractivity contribution in [3.05, 3.63) is 0 Å². The normalized spacial score (nSPS) is 22.5. The molecule has 85 valence electrons. The first-order chi connectivity index (χ1) is 6.44. The maximum atomic E-state index is 9.67. The molecule has 0 aromatic carbocycles. The average Bonchev–Trinajstić information content (AvgIpc) is 2.24. The number of aliphatic hydroxyl groups is 3. The van der Waals surface area contributed by atoms with Crippen molar-refractivity contribution in [2.45, 2.75) is 63.9 Å². The van der Waals surface area contributed by atoms with Crippen LogP contribution < -0.4 is 5.73 Å². The van der Waals surface area contributed by atoms with Gasteiger partial charge in [-0.25, -0.2) is 5.73 Å². The Labute approximate surface area is 85.7 Å². The second kappa shape index (κ2) is 5.66. The minimum atomic E-state index is -1.56. The molecule has 0 amide bonds. The van der Waals surface area contributed by atoms with Gasteiger partial charge < -0.3 is 15.3 Å². The highest BCUT2D eigenvalue weighted by atomic mass is 16.3. The van der Waals surface area contributed by atoms with Crippen molar-refractivity contribution in [3.63, 3.8) is 0 Å². The molecule has 0 aliphatic carbocycles. The Bertz CT molecular complexity index is 137. The van der Waals surface area contributed by atoms with Crippen molar-refractivity contribution in [1.29, 1.82) is 0 Å². The smallest absolute Gasteiger partial charge is 0.110 e. The van der Waals surface area contributed by atoms with Gasteiger partial charge >= 0.3 is 0 Å². The van der Waals surface area contributed by atoms with E-state index in [-0.39, 0.29) is 0 Å². The molecule has 0 saturated carbocycles. The third-order valence-electron chi connectivity index (χ3n) is 2.81. The van der Waals surface area contributed by atoms with Gasteiger partial charge in [-0.2, -0.15) is 0 Å². The maximum Gasteiger partial charge on any atom is 0.110 e. The van der Waals surface area contributed by atoms with Crippen LogP contribution >= 0.6 is 0 Å². The predicted molar refractivity (Wildman–Crippen MR) is 54.7 cm³/mol. The summed E-state index contributed by atoms with van der Waals surface area (Å²) in [6.07, 6.45) is -1.90. The highest BCUT2D eigenvalue weighted by molar-refractivity contribution is 5.01. The molecule has 0 aliphatic heterocycles. The zero-order valence-electron chi connectivity index (χ0n) is 9.20. The maximum absolute atomic E-state index is 9.67. The lowest BCUT2D eigenvalue weighted by Gasteiger charge is -2.40. The van der Waals surface area contributed by atoms with E-state index < -0.39 is 23.9 Å². The van der Waals surface area contributed by atoms with E-state index in [2.05, 4.69) is 0 Å². The molecule has 1 radical (unpaired) electrons. The molecular formula is C10H22NO3. The fourth-order valence-corrected chi connectivity index (χ4v) is 1.68. The van der Waals surface area contributed by atoms with Gasteiger partial charge in [0.05, 0.1) is 18.3 Å². The Balaban J connectivity index is 4.83. The summed E-state index contributed by atoms with van der Waals surface area (Å²) in [5, 5.41) is 29.0. The lowest BCUT2D eigenvalue weighted by Crippen LogP contribution is -2.61. The van der Waals surface area contributed by atoms with Gasteiger partial charge in [0.25, 0.3) is 0 Å². The Hall–Kier alpha value is -0.160. The van der Waals surface area contributed by atoms with Crippen molar-refractivity contribution in [1.82, 2.24) is 5.73 Å². The first-order valence-corrected chi connectivity index (χ1v) is 5.24. The van der Waals surface area contributed by atoms with Crippen LogP contribution in [0.4, 0.5) is 0 Å². The molecule has 4 heteroatoms. The second-order valence-electron chi connectivity index (χ2n) is 3.71. The van der Waals surface area contributed by atoms with Crippen LogP contribution in [0.5, 0.6) is 0 Å². The first-order valence-electron chi connectivity index (χ1n) is 5.24. The molecule has 0 aromatic heterocycles. The van der Waals surface area contributed by atoms with Crippen molar-refractivity contribution in [3.8, 4) is 0 Å². The number of rotatable bonds is 6. The molecule has 0 spiro atoms. The molecule has 14 heavy (non-hydrogen) atoms. The summed E-state index contributed by atoms with van der Waals surface area (Å²) in [7, 11) is 0. The summed E-state index contributed by atoms with van der Waals surface area (Å²) in [6.45, 7) is 5.20. The highest BCUT2D eigenvalue weighted by Gasteiger charge is 2.45. The van der Waals surface area contributed by atoms with Crippen LogP contribution in [0.1, 0.15) is 40.0 Å². The van der Waals surface area contributed by atoms with E-state index in [4.69, 9.17) is 5.73 Å². The molecule has 0 rings (SSSR count).